The van der Waals surface area contributed by atoms with Gasteiger partial charge >= 0.3 is 5.97 Å². The maximum atomic E-state index is 11.5. The van der Waals surface area contributed by atoms with Gasteiger partial charge in [-0.3, -0.25) is 9.69 Å². The van der Waals surface area contributed by atoms with Crippen LogP contribution in [-0.4, -0.2) is 63.4 Å². The highest BCUT2D eigenvalue weighted by Gasteiger charge is 2.22. The molecule has 0 aromatic carbocycles. The van der Waals surface area contributed by atoms with E-state index in [0.29, 0.717) is 6.54 Å². The Kier molecular flexibility index (Phi) is 6.37. The molecule has 0 aliphatic carbocycles. The van der Waals surface area contributed by atoms with E-state index in [0.717, 1.165) is 39.3 Å². The van der Waals surface area contributed by atoms with E-state index in [1.54, 1.807) is 0 Å². The number of methoxy groups -OCH3 is 1. The van der Waals surface area contributed by atoms with Crippen LogP contribution in [0.2, 0.25) is 0 Å². The zero-order chi connectivity index (χ0) is 11.8. The third-order valence-corrected chi connectivity index (χ3v) is 2.67. The van der Waals surface area contributed by atoms with Crippen molar-refractivity contribution in [2.45, 2.75) is 19.4 Å². The molecular formula is C11H22N2O3. The largest absolute Gasteiger partial charge is 0.468 e. The van der Waals surface area contributed by atoms with E-state index in [-0.39, 0.29) is 12.0 Å². The molecule has 1 N–H and O–H groups in total. The van der Waals surface area contributed by atoms with Gasteiger partial charge in [-0.2, -0.15) is 0 Å². The Bertz CT molecular complexity index is 205. The lowest BCUT2D eigenvalue weighted by molar-refractivity contribution is -0.144. The molecule has 0 radical (unpaired) electrons. The van der Waals surface area contributed by atoms with Gasteiger partial charge in [-0.1, -0.05) is 6.92 Å². The second kappa shape index (κ2) is 7.60. The van der Waals surface area contributed by atoms with Crippen molar-refractivity contribution in [3.05, 3.63) is 0 Å². The number of hydrogen-bond donors (Lipinski definition) is 1. The van der Waals surface area contributed by atoms with E-state index in [2.05, 4.69) is 17.1 Å². The summed E-state index contributed by atoms with van der Waals surface area (Å²) in [5.74, 6) is -0.181. The lowest BCUT2D eigenvalue weighted by atomic mass is 10.2. The highest BCUT2D eigenvalue weighted by molar-refractivity contribution is 5.75. The summed E-state index contributed by atoms with van der Waals surface area (Å²) < 4.78 is 10.1. The molecule has 0 aromatic rings. The highest BCUT2D eigenvalue weighted by Crippen LogP contribution is 2.00. The van der Waals surface area contributed by atoms with Crippen LogP contribution in [0.3, 0.4) is 0 Å². The lowest BCUT2D eigenvalue weighted by Crippen LogP contribution is -2.49. The SMILES string of the molecule is CCCNC(CN1CCOCC1)C(=O)OC. The van der Waals surface area contributed by atoms with Crippen molar-refractivity contribution < 1.29 is 14.3 Å². The minimum atomic E-state index is -0.219. The smallest absolute Gasteiger partial charge is 0.324 e. The molecule has 1 rings (SSSR count). The molecule has 0 amide bonds. The Hall–Kier alpha value is -0.650. The second-order valence-electron chi connectivity index (χ2n) is 3.94. The Labute approximate surface area is 97.1 Å². The number of nitrogens with zero attached hydrogens (tertiary/aromatic N) is 1. The molecule has 1 aliphatic heterocycles. The van der Waals surface area contributed by atoms with Crippen LogP contribution in [0.25, 0.3) is 0 Å². The molecule has 0 spiro atoms. The van der Waals surface area contributed by atoms with E-state index >= 15 is 0 Å². The predicted molar refractivity (Wildman–Crippen MR) is 61.4 cm³/mol. The van der Waals surface area contributed by atoms with Crippen molar-refractivity contribution in [3.63, 3.8) is 0 Å². The van der Waals surface area contributed by atoms with Crippen LogP contribution in [-0.2, 0) is 14.3 Å². The fourth-order valence-corrected chi connectivity index (χ4v) is 1.73. The van der Waals surface area contributed by atoms with Gasteiger partial charge in [0.2, 0.25) is 0 Å². The summed E-state index contributed by atoms with van der Waals surface area (Å²) in [6.07, 6.45) is 1.01. The number of carbonyl (C=O) groups is 1. The molecule has 94 valence electrons. The number of morpholine rings is 1. The van der Waals surface area contributed by atoms with E-state index < -0.39 is 0 Å². The lowest BCUT2D eigenvalue weighted by Gasteiger charge is -2.29. The van der Waals surface area contributed by atoms with Gasteiger partial charge < -0.3 is 14.8 Å². The van der Waals surface area contributed by atoms with Gasteiger partial charge in [0.15, 0.2) is 0 Å². The second-order valence-corrected chi connectivity index (χ2v) is 3.94. The maximum Gasteiger partial charge on any atom is 0.324 e. The molecular weight excluding hydrogens is 208 g/mol. The Balaban J connectivity index is 2.38. The van der Waals surface area contributed by atoms with Gasteiger partial charge in [-0.15, -0.1) is 0 Å². The number of carbonyl (C=O) groups excluding carboxylic acids is 1. The Morgan fingerprint density at radius 3 is 2.75 bits per heavy atom. The molecule has 1 aliphatic rings. The normalized spacial score (nSPS) is 19.4. The van der Waals surface area contributed by atoms with Gasteiger partial charge in [-0.05, 0) is 13.0 Å². The molecule has 1 saturated heterocycles. The first kappa shape index (κ1) is 13.4. The standard InChI is InChI=1S/C11H22N2O3/c1-3-4-12-10(11(14)15-2)9-13-5-7-16-8-6-13/h10,12H,3-9H2,1-2H3. The molecule has 0 saturated carbocycles. The van der Waals surface area contributed by atoms with Crippen LogP contribution in [0.1, 0.15) is 13.3 Å². The van der Waals surface area contributed by atoms with Gasteiger partial charge in [0.1, 0.15) is 6.04 Å². The van der Waals surface area contributed by atoms with Crippen LogP contribution in [0, 0.1) is 0 Å². The maximum absolute atomic E-state index is 11.5. The fraction of sp³-hybridized carbons (Fsp3) is 0.909. The third-order valence-electron chi connectivity index (χ3n) is 2.67. The van der Waals surface area contributed by atoms with Gasteiger partial charge in [0.25, 0.3) is 0 Å². The summed E-state index contributed by atoms with van der Waals surface area (Å²) >= 11 is 0. The van der Waals surface area contributed by atoms with Crippen LogP contribution in [0.4, 0.5) is 0 Å². The Morgan fingerprint density at radius 1 is 1.50 bits per heavy atom. The summed E-state index contributed by atoms with van der Waals surface area (Å²) in [6, 6.07) is -0.219. The molecule has 16 heavy (non-hydrogen) atoms. The van der Waals surface area contributed by atoms with Crippen LogP contribution in [0.5, 0.6) is 0 Å². The van der Waals surface area contributed by atoms with Crippen LogP contribution in [0.15, 0.2) is 0 Å². The first-order valence-corrected chi connectivity index (χ1v) is 5.89. The quantitative estimate of drug-likeness (QED) is 0.644. The average Bonchev–Trinajstić information content (AvgIpc) is 2.34. The number of ether oxygens (including phenoxy) is 2. The van der Waals surface area contributed by atoms with E-state index in [1.165, 1.54) is 7.11 Å². The van der Waals surface area contributed by atoms with Crippen molar-refractivity contribution >= 4 is 5.97 Å². The van der Waals surface area contributed by atoms with Gasteiger partial charge in [-0.25, -0.2) is 0 Å². The minimum absolute atomic E-state index is 0.181. The molecule has 0 aromatic heterocycles. The number of nitrogens with one attached hydrogen (secondary N) is 1. The van der Waals surface area contributed by atoms with E-state index in [1.807, 2.05) is 0 Å². The van der Waals surface area contributed by atoms with Gasteiger partial charge in [0, 0.05) is 19.6 Å². The zero-order valence-electron chi connectivity index (χ0n) is 10.2. The monoisotopic (exact) mass is 230 g/mol. The number of hydrogen-bond acceptors (Lipinski definition) is 5. The minimum Gasteiger partial charge on any atom is -0.468 e. The molecule has 1 heterocycles. The van der Waals surface area contributed by atoms with Crippen molar-refractivity contribution in [1.29, 1.82) is 0 Å². The molecule has 5 heteroatoms. The van der Waals surface area contributed by atoms with E-state index in [9.17, 15) is 4.79 Å². The molecule has 1 atom stereocenters. The van der Waals surface area contributed by atoms with Crippen molar-refractivity contribution in [2.24, 2.45) is 0 Å². The van der Waals surface area contributed by atoms with Gasteiger partial charge in [0.05, 0.1) is 20.3 Å². The first-order valence-electron chi connectivity index (χ1n) is 5.89. The summed E-state index contributed by atoms with van der Waals surface area (Å²) in [5.41, 5.74) is 0. The van der Waals surface area contributed by atoms with Crippen molar-refractivity contribution in [3.8, 4) is 0 Å². The van der Waals surface area contributed by atoms with Crippen molar-refractivity contribution in [1.82, 2.24) is 10.2 Å². The van der Waals surface area contributed by atoms with Crippen LogP contribution >= 0.6 is 0 Å². The number of esters is 1. The predicted octanol–water partition coefficient (Wildman–Crippen LogP) is -0.140. The summed E-state index contributed by atoms with van der Waals surface area (Å²) in [6.45, 7) is 6.90. The number of rotatable bonds is 6. The summed E-state index contributed by atoms with van der Waals surface area (Å²) in [5, 5.41) is 3.21. The molecule has 0 bridgehead atoms. The fourth-order valence-electron chi connectivity index (χ4n) is 1.73. The summed E-state index contributed by atoms with van der Waals surface area (Å²) in [4.78, 5) is 13.8. The first-order chi connectivity index (χ1) is 7.77. The highest BCUT2D eigenvalue weighted by atomic mass is 16.5. The Morgan fingerprint density at radius 2 is 2.19 bits per heavy atom. The summed E-state index contributed by atoms with van der Waals surface area (Å²) in [7, 11) is 1.43. The molecule has 1 fully saturated rings. The van der Waals surface area contributed by atoms with Crippen molar-refractivity contribution in [2.75, 3.05) is 46.5 Å². The average molecular weight is 230 g/mol. The van der Waals surface area contributed by atoms with Crippen LogP contribution < -0.4 is 5.32 Å². The molecule has 5 nitrogen and oxygen atoms in total. The zero-order valence-corrected chi connectivity index (χ0v) is 10.2. The molecule has 1 unspecified atom stereocenters. The topological polar surface area (TPSA) is 50.8 Å². The van der Waals surface area contributed by atoms with E-state index in [4.69, 9.17) is 9.47 Å². The third kappa shape index (κ3) is 4.47.